The highest BCUT2D eigenvalue weighted by Gasteiger charge is 2.25. The van der Waals surface area contributed by atoms with E-state index in [1.807, 2.05) is 48.5 Å². The van der Waals surface area contributed by atoms with Crippen molar-refractivity contribution in [3.63, 3.8) is 0 Å². The van der Waals surface area contributed by atoms with Crippen molar-refractivity contribution in [1.82, 2.24) is 10.2 Å². The number of hydrogen-bond acceptors (Lipinski definition) is 5. The van der Waals surface area contributed by atoms with Crippen LogP contribution in [0.1, 0.15) is 34.3 Å². The molecule has 2 N–H and O–H groups in total. The molecule has 178 valence electrons. The first-order valence-electron chi connectivity index (χ1n) is 11.3. The van der Waals surface area contributed by atoms with Crippen molar-refractivity contribution in [2.24, 2.45) is 0 Å². The Hall–Kier alpha value is -3.78. The Morgan fingerprint density at radius 2 is 1.79 bits per heavy atom. The highest BCUT2D eigenvalue weighted by atomic mass is 16.5. The second-order valence-electron chi connectivity index (χ2n) is 8.22. The molecular formula is C26H29N3O5. The van der Waals surface area contributed by atoms with Gasteiger partial charge < -0.3 is 29.4 Å². The molecule has 8 heteroatoms. The van der Waals surface area contributed by atoms with Gasteiger partial charge in [-0.15, -0.1) is 0 Å². The maximum absolute atomic E-state index is 12.5. The first-order chi connectivity index (χ1) is 16.6. The first kappa shape index (κ1) is 23.4. The van der Waals surface area contributed by atoms with Crippen LogP contribution in [0.25, 0.3) is 0 Å². The molecule has 0 saturated carbocycles. The number of carbonyl (C=O) groups is 2. The third kappa shape index (κ3) is 6.39. The Labute approximate surface area is 198 Å². The van der Waals surface area contributed by atoms with Gasteiger partial charge in [0.25, 0.3) is 5.91 Å². The molecule has 0 unspecified atom stereocenters. The minimum atomic E-state index is -0.254. The molecule has 2 heterocycles. The van der Waals surface area contributed by atoms with E-state index in [2.05, 4.69) is 10.6 Å². The van der Waals surface area contributed by atoms with Gasteiger partial charge in [-0.25, -0.2) is 4.79 Å². The van der Waals surface area contributed by atoms with Crippen molar-refractivity contribution in [3.05, 3.63) is 83.8 Å². The van der Waals surface area contributed by atoms with Gasteiger partial charge in [-0.1, -0.05) is 24.3 Å². The lowest BCUT2D eigenvalue weighted by molar-refractivity contribution is 0.0708. The number of anilines is 1. The fourth-order valence-electron chi connectivity index (χ4n) is 3.90. The van der Waals surface area contributed by atoms with Gasteiger partial charge in [0, 0.05) is 24.8 Å². The third-order valence-electron chi connectivity index (χ3n) is 5.77. The number of ether oxygens (including phenoxy) is 2. The van der Waals surface area contributed by atoms with Gasteiger partial charge in [0.1, 0.15) is 12.0 Å². The SMILES string of the molecule is COc1ccc(COCc2cccc(NC(=O)NC3CCN(C(=O)c4ccoc4)CC3)c2)cc1. The van der Waals surface area contributed by atoms with Crippen LogP contribution in [-0.4, -0.2) is 43.1 Å². The fraction of sp³-hybridized carbons (Fsp3) is 0.308. The van der Waals surface area contributed by atoms with Crippen molar-refractivity contribution >= 4 is 17.6 Å². The first-order valence-corrected chi connectivity index (χ1v) is 11.3. The highest BCUT2D eigenvalue weighted by molar-refractivity contribution is 5.94. The van der Waals surface area contributed by atoms with E-state index in [1.165, 1.54) is 12.5 Å². The molecule has 2 aromatic carbocycles. The number of benzene rings is 2. The monoisotopic (exact) mass is 463 g/mol. The number of likely N-dealkylation sites (tertiary alicyclic amines) is 1. The van der Waals surface area contributed by atoms with Crippen LogP contribution in [0.15, 0.2) is 71.5 Å². The Morgan fingerprint density at radius 1 is 1.03 bits per heavy atom. The Kier molecular flexibility index (Phi) is 7.83. The zero-order valence-corrected chi connectivity index (χ0v) is 19.2. The summed E-state index contributed by atoms with van der Waals surface area (Å²) in [6.07, 6.45) is 4.36. The summed E-state index contributed by atoms with van der Waals surface area (Å²) in [4.78, 5) is 26.7. The summed E-state index contributed by atoms with van der Waals surface area (Å²) >= 11 is 0. The van der Waals surface area contributed by atoms with Gasteiger partial charge >= 0.3 is 6.03 Å². The van der Waals surface area contributed by atoms with Crippen molar-refractivity contribution in [2.45, 2.75) is 32.1 Å². The van der Waals surface area contributed by atoms with Crippen LogP contribution in [0.3, 0.4) is 0 Å². The van der Waals surface area contributed by atoms with Gasteiger partial charge in [-0.3, -0.25) is 4.79 Å². The third-order valence-corrected chi connectivity index (χ3v) is 5.77. The van der Waals surface area contributed by atoms with Crippen LogP contribution < -0.4 is 15.4 Å². The van der Waals surface area contributed by atoms with E-state index >= 15 is 0 Å². The van der Waals surface area contributed by atoms with Crippen molar-refractivity contribution in [1.29, 1.82) is 0 Å². The highest BCUT2D eigenvalue weighted by Crippen LogP contribution is 2.17. The van der Waals surface area contributed by atoms with E-state index in [0.717, 1.165) is 16.9 Å². The molecule has 8 nitrogen and oxygen atoms in total. The number of nitrogens with one attached hydrogen (secondary N) is 2. The van der Waals surface area contributed by atoms with Crippen molar-refractivity contribution < 1.29 is 23.5 Å². The quantitative estimate of drug-likeness (QED) is 0.516. The number of hydrogen-bond donors (Lipinski definition) is 2. The fourth-order valence-corrected chi connectivity index (χ4v) is 3.90. The van der Waals surface area contributed by atoms with Crippen molar-refractivity contribution in [3.8, 4) is 5.75 Å². The molecule has 1 saturated heterocycles. The summed E-state index contributed by atoms with van der Waals surface area (Å²) in [5.41, 5.74) is 3.29. The lowest BCUT2D eigenvalue weighted by Gasteiger charge is -2.32. The number of piperidine rings is 1. The van der Waals surface area contributed by atoms with Crippen LogP contribution >= 0.6 is 0 Å². The van der Waals surface area contributed by atoms with Gasteiger partial charge in [0.15, 0.2) is 0 Å². The van der Waals surface area contributed by atoms with Crippen molar-refractivity contribution in [2.75, 3.05) is 25.5 Å². The molecule has 1 aromatic heterocycles. The molecule has 3 amide bonds. The lowest BCUT2D eigenvalue weighted by atomic mass is 10.0. The molecule has 0 radical (unpaired) electrons. The molecular weight excluding hydrogens is 434 g/mol. The number of urea groups is 1. The summed E-state index contributed by atoms with van der Waals surface area (Å²) in [7, 11) is 1.64. The van der Waals surface area contributed by atoms with E-state index in [0.29, 0.717) is 50.4 Å². The minimum absolute atomic E-state index is 0.0180. The number of furan rings is 1. The molecule has 1 fully saturated rings. The summed E-state index contributed by atoms with van der Waals surface area (Å²) in [6, 6.07) is 16.8. The molecule has 4 rings (SSSR count). The molecule has 0 aliphatic carbocycles. The van der Waals surface area contributed by atoms with E-state index in [4.69, 9.17) is 13.9 Å². The second-order valence-corrected chi connectivity index (χ2v) is 8.22. The smallest absolute Gasteiger partial charge is 0.319 e. The molecule has 34 heavy (non-hydrogen) atoms. The molecule has 0 atom stereocenters. The van der Waals surface area contributed by atoms with Gasteiger partial charge in [0.05, 0.1) is 32.2 Å². The molecule has 1 aliphatic rings. The number of carbonyl (C=O) groups excluding carboxylic acids is 2. The van der Waals surface area contributed by atoms with E-state index in [9.17, 15) is 9.59 Å². The van der Waals surface area contributed by atoms with Gasteiger partial charge in [-0.05, 0) is 54.3 Å². The van der Waals surface area contributed by atoms with Crippen LogP contribution in [0.2, 0.25) is 0 Å². The maximum atomic E-state index is 12.5. The maximum Gasteiger partial charge on any atom is 0.319 e. The summed E-state index contributed by atoms with van der Waals surface area (Å²) in [5, 5.41) is 5.90. The number of methoxy groups -OCH3 is 1. The topological polar surface area (TPSA) is 93.0 Å². The van der Waals surface area contributed by atoms with Crippen LogP contribution in [0.4, 0.5) is 10.5 Å². The Balaban J connectivity index is 1.20. The predicted octanol–water partition coefficient (Wildman–Crippen LogP) is 4.43. The number of nitrogens with zero attached hydrogens (tertiary/aromatic N) is 1. The molecule has 0 spiro atoms. The largest absolute Gasteiger partial charge is 0.497 e. The van der Waals surface area contributed by atoms with Crippen LogP contribution in [-0.2, 0) is 18.0 Å². The number of rotatable bonds is 8. The molecule has 3 aromatic rings. The second kappa shape index (κ2) is 11.4. The Bertz CT molecular complexity index is 1070. The Morgan fingerprint density at radius 3 is 2.50 bits per heavy atom. The number of amides is 3. The van der Waals surface area contributed by atoms with Crippen LogP contribution in [0.5, 0.6) is 5.75 Å². The summed E-state index contributed by atoms with van der Waals surface area (Å²) in [6.45, 7) is 2.11. The normalized spacial score (nSPS) is 14.0. The standard InChI is InChI=1S/C26H29N3O5/c1-32-24-7-5-19(6-8-24)16-34-17-20-3-2-4-23(15-20)28-26(31)27-22-9-12-29(13-10-22)25(30)21-11-14-33-18-21/h2-8,11,14-15,18,22H,9-10,12-13,16-17H2,1H3,(H2,27,28,31). The molecule has 1 aliphatic heterocycles. The zero-order valence-electron chi connectivity index (χ0n) is 19.2. The van der Waals surface area contributed by atoms with E-state index < -0.39 is 0 Å². The average molecular weight is 464 g/mol. The zero-order chi connectivity index (χ0) is 23.8. The summed E-state index contributed by atoms with van der Waals surface area (Å²) in [5.74, 6) is 0.775. The van der Waals surface area contributed by atoms with Gasteiger partial charge in [-0.2, -0.15) is 0 Å². The van der Waals surface area contributed by atoms with E-state index in [-0.39, 0.29) is 18.0 Å². The average Bonchev–Trinajstić information content (AvgIpc) is 3.40. The predicted molar refractivity (Wildman–Crippen MR) is 128 cm³/mol. The van der Waals surface area contributed by atoms with Gasteiger partial charge in [0.2, 0.25) is 0 Å². The minimum Gasteiger partial charge on any atom is -0.497 e. The summed E-state index contributed by atoms with van der Waals surface area (Å²) < 4.78 is 16.0. The van der Waals surface area contributed by atoms with E-state index in [1.54, 1.807) is 18.1 Å². The molecule has 0 bridgehead atoms. The lowest BCUT2D eigenvalue weighted by Crippen LogP contribution is -2.47. The van der Waals surface area contributed by atoms with Crippen LogP contribution in [0, 0.1) is 0 Å².